The molecule has 20 heavy (non-hydrogen) atoms. The molecule has 106 valence electrons. The van der Waals surface area contributed by atoms with Crippen molar-refractivity contribution >= 4 is 5.78 Å². The molecule has 1 aliphatic heterocycles. The van der Waals surface area contributed by atoms with Gasteiger partial charge in [-0.3, -0.25) is 9.69 Å². The van der Waals surface area contributed by atoms with Gasteiger partial charge >= 0.3 is 0 Å². The number of carbonyl (C=O) groups excluding carboxylic acids is 1. The minimum atomic E-state index is -0.399. The predicted molar refractivity (Wildman–Crippen MR) is 73.7 cm³/mol. The Morgan fingerprint density at radius 3 is 2.50 bits per heavy atom. The first-order valence-electron chi connectivity index (χ1n) is 6.57. The van der Waals surface area contributed by atoms with Crippen LogP contribution in [0.15, 0.2) is 18.2 Å². The third-order valence-electron chi connectivity index (χ3n) is 3.58. The van der Waals surface area contributed by atoms with Crippen LogP contribution in [0.1, 0.15) is 24.4 Å². The maximum absolute atomic E-state index is 11.3. The van der Waals surface area contributed by atoms with Gasteiger partial charge in [-0.15, -0.1) is 0 Å². The van der Waals surface area contributed by atoms with Gasteiger partial charge < -0.3 is 9.47 Å². The van der Waals surface area contributed by atoms with Crippen LogP contribution in [0.2, 0.25) is 0 Å². The molecule has 1 fully saturated rings. The summed E-state index contributed by atoms with van der Waals surface area (Å²) in [6.45, 7) is 1.23. The summed E-state index contributed by atoms with van der Waals surface area (Å²) < 4.78 is 10.5. The number of carbonyl (C=O) groups is 1. The first kappa shape index (κ1) is 14.4. The molecule has 0 aromatic heterocycles. The van der Waals surface area contributed by atoms with E-state index < -0.39 is 6.04 Å². The van der Waals surface area contributed by atoms with Gasteiger partial charge in [0.2, 0.25) is 0 Å². The zero-order valence-corrected chi connectivity index (χ0v) is 11.8. The quantitative estimate of drug-likeness (QED) is 0.839. The zero-order valence-electron chi connectivity index (χ0n) is 11.8. The SMILES string of the molecule is COc1ccc(C(C#N)N2CCC(=O)CC2)c(OC)c1. The molecule has 1 atom stereocenters. The topological polar surface area (TPSA) is 62.6 Å². The molecule has 0 bridgehead atoms. The lowest BCUT2D eigenvalue weighted by molar-refractivity contribution is -0.121. The minimum absolute atomic E-state index is 0.264. The standard InChI is InChI=1S/C15H18N2O3/c1-19-12-3-4-13(15(9-12)20-2)14(10-16)17-7-5-11(18)6-8-17/h3-4,9,14H,5-8H2,1-2H3. The highest BCUT2D eigenvalue weighted by Gasteiger charge is 2.27. The summed E-state index contributed by atoms with van der Waals surface area (Å²) >= 11 is 0. The number of hydrogen-bond donors (Lipinski definition) is 0. The van der Waals surface area contributed by atoms with Crippen LogP contribution in [0.4, 0.5) is 0 Å². The van der Waals surface area contributed by atoms with Crippen LogP contribution in [-0.2, 0) is 4.79 Å². The van der Waals surface area contributed by atoms with Crippen molar-refractivity contribution in [2.24, 2.45) is 0 Å². The second kappa shape index (κ2) is 6.40. The Morgan fingerprint density at radius 1 is 1.25 bits per heavy atom. The van der Waals surface area contributed by atoms with Crippen molar-refractivity contribution in [1.29, 1.82) is 5.26 Å². The molecule has 2 rings (SSSR count). The van der Waals surface area contributed by atoms with E-state index in [9.17, 15) is 10.1 Å². The van der Waals surface area contributed by atoms with E-state index in [4.69, 9.17) is 9.47 Å². The van der Waals surface area contributed by atoms with Crippen LogP contribution >= 0.6 is 0 Å². The average molecular weight is 274 g/mol. The van der Waals surface area contributed by atoms with Crippen LogP contribution in [0.25, 0.3) is 0 Å². The minimum Gasteiger partial charge on any atom is -0.497 e. The monoisotopic (exact) mass is 274 g/mol. The lowest BCUT2D eigenvalue weighted by Gasteiger charge is -2.30. The summed E-state index contributed by atoms with van der Waals surface area (Å²) in [6.07, 6.45) is 1.02. The Balaban J connectivity index is 2.27. The second-order valence-electron chi connectivity index (χ2n) is 4.71. The number of Topliss-reactive ketones (excluding diaryl/α,β-unsaturated/α-hetero) is 1. The molecular weight excluding hydrogens is 256 g/mol. The second-order valence-corrected chi connectivity index (χ2v) is 4.71. The Morgan fingerprint density at radius 2 is 1.95 bits per heavy atom. The normalized spacial score (nSPS) is 17.4. The number of nitriles is 1. The van der Waals surface area contributed by atoms with Gasteiger partial charge in [-0.25, -0.2) is 0 Å². The van der Waals surface area contributed by atoms with E-state index in [2.05, 4.69) is 6.07 Å². The number of hydrogen-bond acceptors (Lipinski definition) is 5. The first-order valence-corrected chi connectivity index (χ1v) is 6.57. The molecule has 0 amide bonds. The van der Waals surface area contributed by atoms with Crippen molar-refractivity contribution < 1.29 is 14.3 Å². The van der Waals surface area contributed by atoms with E-state index in [1.807, 2.05) is 17.0 Å². The van der Waals surface area contributed by atoms with Crippen molar-refractivity contribution in [2.45, 2.75) is 18.9 Å². The third-order valence-corrected chi connectivity index (χ3v) is 3.58. The van der Waals surface area contributed by atoms with E-state index in [1.54, 1.807) is 20.3 Å². The highest BCUT2D eigenvalue weighted by molar-refractivity contribution is 5.79. The molecule has 0 N–H and O–H groups in total. The third kappa shape index (κ3) is 2.91. The molecule has 1 heterocycles. The Kier molecular flexibility index (Phi) is 4.59. The number of methoxy groups -OCH3 is 2. The summed E-state index contributed by atoms with van der Waals surface area (Å²) in [6, 6.07) is 7.35. The van der Waals surface area contributed by atoms with E-state index in [1.165, 1.54) is 0 Å². The maximum atomic E-state index is 11.3. The van der Waals surface area contributed by atoms with Crippen molar-refractivity contribution in [3.63, 3.8) is 0 Å². The predicted octanol–water partition coefficient (Wildman–Crippen LogP) is 1.93. The van der Waals surface area contributed by atoms with Gasteiger partial charge in [-0.1, -0.05) is 0 Å². The molecule has 0 aliphatic carbocycles. The molecule has 1 aromatic carbocycles. The van der Waals surface area contributed by atoms with Gasteiger partial charge in [0.15, 0.2) is 0 Å². The van der Waals surface area contributed by atoms with E-state index in [-0.39, 0.29) is 5.78 Å². The van der Waals surface area contributed by atoms with Crippen LogP contribution < -0.4 is 9.47 Å². The number of piperidine rings is 1. The molecule has 0 radical (unpaired) electrons. The summed E-state index contributed by atoms with van der Waals surface area (Å²) in [5.74, 6) is 1.59. The molecule has 0 spiro atoms. The van der Waals surface area contributed by atoms with E-state index in [0.717, 1.165) is 5.56 Å². The number of nitrogens with zero attached hydrogens (tertiary/aromatic N) is 2. The van der Waals surface area contributed by atoms with Crippen LogP contribution in [0, 0.1) is 11.3 Å². The molecule has 1 aromatic rings. The number of ketones is 1. The summed E-state index contributed by atoms with van der Waals surface area (Å²) in [5.41, 5.74) is 0.810. The molecule has 1 aliphatic rings. The van der Waals surface area contributed by atoms with Crippen LogP contribution in [-0.4, -0.2) is 38.0 Å². The van der Waals surface area contributed by atoms with Crippen molar-refractivity contribution in [3.8, 4) is 17.6 Å². The van der Waals surface area contributed by atoms with Crippen molar-refractivity contribution in [2.75, 3.05) is 27.3 Å². The highest BCUT2D eigenvalue weighted by Crippen LogP contribution is 2.33. The molecule has 0 saturated carbocycles. The molecule has 5 heteroatoms. The van der Waals surface area contributed by atoms with Crippen LogP contribution in [0.3, 0.4) is 0 Å². The Bertz CT molecular complexity index is 526. The van der Waals surface area contributed by atoms with E-state index in [0.29, 0.717) is 37.4 Å². The number of benzene rings is 1. The van der Waals surface area contributed by atoms with Gasteiger partial charge in [0.05, 0.1) is 20.3 Å². The van der Waals surface area contributed by atoms with Gasteiger partial charge in [-0.2, -0.15) is 5.26 Å². The van der Waals surface area contributed by atoms with Gasteiger partial charge in [0.1, 0.15) is 23.3 Å². The zero-order chi connectivity index (χ0) is 14.5. The first-order chi connectivity index (χ1) is 9.69. The summed E-state index contributed by atoms with van der Waals surface area (Å²) in [4.78, 5) is 13.3. The van der Waals surface area contributed by atoms with Crippen molar-refractivity contribution in [3.05, 3.63) is 23.8 Å². The lowest BCUT2D eigenvalue weighted by atomic mass is 10.0. The molecular formula is C15H18N2O3. The maximum Gasteiger partial charge on any atom is 0.135 e. The number of rotatable bonds is 4. The molecule has 5 nitrogen and oxygen atoms in total. The Hall–Kier alpha value is -2.06. The van der Waals surface area contributed by atoms with E-state index >= 15 is 0 Å². The fraction of sp³-hybridized carbons (Fsp3) is 0.467. The van der Waals surface area contributed by atoms with Gasteiger partial charge in [-0.05, 0) is 12.1 Å². The lowest BCUT2D eigenvalue weighted by Crippen LogP contribution is -2.36. The summed E-state index contributed by atoms with van der Waals surface area (Å²) in [7, 11) is 3.17. The van der Waals surface area contributed by atoms with Crippen molar-refractivity contribution in [1.82, 2.24) is 4.90 Å². The largest absolute Gasteiger partial charge is 0.497 e. The summed E-state index contributed by atoms with van der Waals surface area (Å²) in [5, 5.41) is 9.48. The highest BCUT2D eigenvalue weighted by atomic mass is 16.5. The van der Waals surface area contributed by atoms with Gasteiger partial charge in [0, 0.05) is 37.6 Å². The number of ether oxygens (including phenoxy) is 2. The molecule has 1 saturated heterocycles. The fourth-order valence-electron chi connectivity index (χ4n) is 2.42. The smallest absolute Gasteiger partial charge is 0.135 e. The fourth-order valence-corrected chi connectivity index (χ4v) is 2.42. The Labute approximate surface area is 118 Å². The number of likely N-dealkylation sites (tertiary alicyclic amines) is 1. The van der Waals surface area contributed by atoms with Gasteiger partial charge in [0.25, 0.3) is 0 Å². The van der Waals surface area contributed by atoms with Crippen LogP contribution in [0.5, 0.6) is 11.5 Å². The molecule has 1 unspecified atom stereocenters. The average Bonchev–Trinajstić information content (AvgIpc) is 2.50.